The van der Waals surface area contributed by atoms with Gasteiger partial charge in [-0.25, -0.2) is 4.79 Å². The van der Waals surface area contributed by atoms with Crippen LogP contribution in [0.1, 0.15) is 40.9 Å². The molecule has 2 aromatic rings. The summed E-state index contributed by atoms with van der Waals surface area (Å²) in [6.45, 7) is 5.94. The lowest BCUT2D eigenvalue weighted by molar-refractivity contribution is 0.0701. The van der Waals surface area contributed by atoms with Gasteiger partial charge in [0.15, 0.2) is 0 Å². The molecule has 1 unspecified atom stereocenters. The number of thiophene rings is 1. The minimum absolute atomic E-state index is 0.0134. The van der Waals surface area contributed by atoms with Gasteiger partial charge in [0, 0.05) is 22.9 Å². The molecule has 0 saturated carbocycles. The average Bonchev–Trinajstić information content (AvgIpc) is 2.95. The second-order valence-corrected chi connectivity index (χ2v) is 10.8. The topological polar surface area (TPSA) is 63.6 Å². The summed E-state index contributed by atoms with van der Waals surface area (Å²) >= 11 is 6.97. The maximum absolute atomic E-state index is 13.3. The standard InChI is InChI=1S/C19H20ClO4PS/c1-19(2,3)10-9-16-11-13(17(26-16)18(21)22)12-25(23,24-4)15-7-5-14(20)6-8-15/h5-8,11H,12H2,1-4H3,(H,21,22). The molecule has 26 heavy (non-hydrogen) atoms. The molecule has 1 heterocycles. The first-order valence-electron chi connectivity index (χ1n) is 7.84. The Balaban J connectivity index is 2.44. The molecule has 1 aromatic heterocycles. The zero-order chi connectivity index (χ0) is 19.5. The van der Waals surface area contributed by atoms with Crippen LogP contribution in [0.4, 0.5) is 0 Å². The fourth-order valence-corrected chi connectivity index (χ4v) is 5.12. The fourth-order valence-electron chi connectivity index (χ4n) is 2.19. The third-order valence-corrected chi connectivity index (χ3v) is 7.22. The third-order valence-electron chi connectivity index (χ3n) is 3.46. The first-order chi connectivity index (χ1) is 12.0. The molecule has 0 amide bonds. The molecule has 1 aromatic carbocycles. The van der Waals surface area contributed by atoms with Gasteiger partial charge in [0.25, 0.3) is 0 Å². The van der Waals surface area contributed by atoms with E-state index < -0.39 is 13.3 Å². The van der Waals surface area contributed by atoms with E-state index in [1.165, 1.54) is 7.11 Å². The lowest BCUT2D eigenvalue weighted by Crippen LogP contribution is -2.09. The van der Waals surface area contributed by atoms with Crippen LogP contribution in [0.25, 0.3) is 0 Å². The van der Waals surface area contributed by atoms with Gasteiger partial charge in [0.2, 0.25) is 7.37 Å². The van der Waals surface area contributed by atoms with Gasteiger partial charge in [-0.15, -0.1) is 11.3 Å². The van der Waals surface area contributed by atoms with E-state index in [4.69, 9.17) is 16.1 Å². The minimum Gasteiger partial charge on any atom is -0.477 e. The van der Waals surface area contributed by atoms with Gasteiger partial charge in [0.05, 0.1) is 11.0 Å². The van der Waals surface area contributed by atoms with Crippen molar-refractivity contribution in [1.29, 1.82) is 0 Å². The molecule has 1 N–H and O–H groups in total. The second kappa shape index (κ2) is 7.98. The van der Waals surface area contributed by atoms with Crippen molar-refractivity contribution in [3.63, 3.8) is 0 Å². The van der Waals surface area contributed by atoms with Gasteiger partial charge in [-0.05, 0) is 56.7 Å². The molecule has 0 spiro atoms. The van der Waals surface area contributed by atoms with E-state index in [0.29, 0.717) is 20.8 Å². The maximum atomic E-state index is 13.3. The van der Waals surface area contributed by atoms with Crippen LogP contribution in [0.15, 0.2) is 30.3 Å². The van der Waals surface area contributed by atoms with Crippen LogP contribution in [0.5, 0.6) is 0 Å². The Labute approximate surface area is 162 Å². The zero-order valence-corrected chi connectivity index (χ0v) is 17.5. The lowest BCUT2D eigenvalue weighted by Gasteiger charge is -2.16. The van der Waals surface area contributed by atoms with Crippen molar-refractivity contribution >= 4 is 41.6 Å². The summed E-state index contributed by atoms with van der Waals surface area (Å²) in [5.41, 5.74) is 0.263. The van der Waals surface area contributed by atoms with Crippen LogP contribution in [-0.2, 0) is 15.3 Å². The summed E-state index contributed by atoms with van der Waals surface area (Å²) in [6, 6.07) is 8.23. The molecule has 0 aliphatic rings. The number of halogens is 1. The summed E-state index contributed by atoms with van der Waals surface area (Å²) in [5.74, 6) is 5.03. The third kappa shape index (κ3) is 5.22. The molecular weight excluding hydrogens is 391 g/mol. The first kappa shape index (κ1) is 20.7. The van der Waals surface area contributed by atoms with Crippen molar-refractivity contribution in [2.45, 2.75) is 26.9 Å². The van der Waals surface area contributed by atoms with Crippen molar-refractivity contribution in [2.24, 2.45) is 5.41 Å². The Hall–Kier alpha value is -1.57. The highest BCUT2D eigenvalue weighted by molar-refractivity contribution is 7.66. The average molecular weight is 411 g/mol. The van der Waals surface area contributed by atoms with Crippen molar-refractivity contribution in [2.75, 3.05) is 7.11 Å². The van der Waals surface area contributed by atoms with E-state index in [0.717, 1.165) is 11.3 Å². The van der Waals surface area contributed by atoms with Crippen molar-refractivity contribution in [3.8, 4) is 11.8 Å². The summed E-state index contributed by atoms with van der Waals surface area (Å²) in [5, 5.41) is 10.5. The van der Waals surface area contributed by atoms with E-state index in [2.05, 4.69) is 11.8 Å². The predicted octanol–water partition coefficient (Wildman–Crippen LogP) is 5.25. The Morgan fingerprint density at radius 3 is 2.42 bits per heavy atom. The van der Waals surface area contributed by atoms with Crippen LogP contribution < -0.4 is 5.30 Å². The molecule has 1 atom stereocenters. The molecule has 4 nitrogen and oxygen atoms in total. The number of aromatic carboxylic acids is 1. The smallest absolute Gasteiger partial charge is 0.346 e. The molecule has 0 bridgehead atoms. The highest BCUT2D eigenvalue weighted by Gasteiger charge is 2.28. The van der Waals surface area contributed by atoms with E-state index in [1.54, 1.807) is 30.3 Å². The van der Waals surface area contributed by atoms with Crippen LogP contribution in [-0.4, -0.2) is 18.2 Å². The Morgan fingerprint density at radius 1 is 1.31 bits per heavy atom. The number of carboxylic acids is 1. The summed E-state index contributed by atoms with van der Waals surface area (Å²) in [4.78, 5) is 12.4. The van der Waals surface area contributed by atoms with E-state index >= 15 is 0 Å². The number of hydrogen-bond donors (Lipinski definition) is 1. The lowest BCUT2D eigenvalue weighted by atomic mass is 9.98. The first-order valence-corrected chi connectivity index (χ1v) is 10.8. The van der Waals surface area contributed by atoms with Crippen molar-refractivity contribution in [3.05, 3.63) is 50.7 Å². The van der Waals surface area contributed by atoms with Gasteiger partial charge in [-0.1, -0.05) is 23.4 Å². The molecule has 138 valence electrons. The van der Waals surface area contributed by atoms with E-state index in [1.807, 2.05) is 20.8 Å². The molecule has 0 fully saturated rings. The van der Waals surface area contributed by atoms with Crippen LogP contribution >= 0.6 is 30.3 Å². The zero-order valence-electron chi connectivity index (χ0n) is 15.0. The van der Waals surface area contributed by atoms with E-state index in [9.17, 15) is 14.5 Å². The highest BCUT2D eigenvalue weighted by atomic mass is 35.5. The maximum Gasteiger partial charge on any atom is 0.346 e. The molecule has 0 saturated heterocycles. The Morgan fingerprint density at radius 2 is 1.92 bits per heavy atom. The molecule has 7 heteroatoms. The predicted molar refractivity (Wildman–Crippen MR) is 107 cm³/mol. The van der Waals surface area contributed by atoms with Crippen LogP contribution in [0.3, 0.4) is 0 Å². The van der Waals surface area contributed by atoms with Gasteiger partial charge in [-0.2, -0.15) is 0 Å². The van der Waals surface area contributed by atoms with Crippen LogP contribution in [0.2, 0.25) is 5.02 Å². The van der Waals surface area contributed by atoms with Gasteiger partial charge in [-0.3, -0.25) is 4.57 Å². The Kier molecular flexibility index (Phi) is 6.37. The number of benzene rings is 1. The molecule has 2 rings (SSSR count). The highest BCUT2D eigenvalue weighted by Crippen LogP contribution is 2.49. The van der Waals surface area contributed by atoms with Gasteiger partial charge in [0.1, 0.15) is 4.88 Å². The van der Waals surface area contributed by atoms with Crippen molar-refractivity contribution < 1.29 is 19.0 Å². The quantitative estimate of drug-likeness (QED) is 0.540. The number of carboxylic acid groups (broad SMARTS) is 1. The summed E-state index contributed by atoms with van der Waals surface area (Å²) in [6.07, 6.45) is -0.0134. The SMILES string of the molecule is COP(=O)(Cc1cc(C#CC(C)(C)C)sc1C(=O)O)c1ccc(Cl)cc1. The summed E-state index contributed by atoms with van der Waals surface area (Å²) < 4.78 is 18.6. The number of hydrogen-bond acceptors (Lipinski definition) is 4. The second-order valence-electron chi connectivity index (χ2n) is 6.76. The van der Waals surface area contributed by atoms with Gasteiger partial charge < -0.3 is 9.63 Å². The molecule has 0 aliphatic heterocycles. The fraction of sp³-hybridized carbons (Fsp3) is 0.316. The molecule has 0 aliphatic carbocycles. The van der Waals surface area contributed by atoms with Crippen molar-refractivity contribution in [1.82, 2.24) is 0 Å². The van der Waals surface area contributed by atoms with Gasteiger partial charge >= 0.3 is 5.97 Å². The summed E-state index contributed by atoms with van der Waals surface area (Å²) in [7, 11) is -1.90. The Bertz CT molecular complexity index is 914. The molecule has 0 radical (unpaired) electrons. The largest absolute Gasteiger partial charge is 0.477 e. The minimum atomic E-state index is -3.26. The number of rotatable bonds is 5. The monoisotopic (exact) mass is 410 g/mol. The normalized spacial score (nSPS) is 13.6. The molecular formula is C19H20ClO4PS. The van der Waals surface area contributed by atoms with E-state index in [-0.39, 0.29) is 16.5 Å². The number of carbonyl (C=O) groups is 1. The van der Waals surface area contributed by atoms with Crippen LogP contribution in [0, 0.1) is 17.3 Å².